The topological polar surface area (TPSA) is 34.6 Å². The number of ether oxygens (including phenoxy) is 2. The molecule has 1 aromatic heterocycles. The van der Waals surface area contributed by atoms with Crippen LogP contribution in [0.15, 0.2) is 36.4 Å². The standard InChI is InChI=1S/C17H20N2O2/c1-2-5-16-14(4-1)6-7-15(18-16)12-19-9-3-8-17(13-19)20-10-11-21-17/h1-2,4-7H,3,8-13H2. The van der Waals surface area contributed by atoms with Gasteiger partial charge in [-0.15, -0.1) is 0 Å². The number of pyridine rings is 1. The van der Waals surface area contributed by atoms with Crippen LogP contribution in [0.5, 0.6) is 0 Å². The molecule has 2 aliphatic heterocycles. The zero-order valence-electron chi connectivity index (χ0n) is 12.1. The van der Waals surface area contributed by atoms with E-state index in [4.69, 9.17) is 14.5 Å². The van der Waals surface area contributed by atoms with E-state index in [0.717, 1.165) is 56.9 Å². The Morgan fingerprint density at radius 3 is 2.86 bits per heavy atom. The second-order valence-corrected chi connectivity index (χ2v) is 5.92. The van der Waals surface area contributed by atoms with Gasteiger partial charge in [0, 0.05) is 18.4 Å². The Labute approximate surface area is 124 Å². The Balaban J connectivity index is 1.51. The molecular formula is C17H20N2O2. The van der Waals surface area contributed by atoms with Crippen molar-refractivity contribution in [2.45, 2.75) is 25.2 Å². The van der Waals surface area contributed by atoms with Crippen LogP contribution in [0.4, 0.5) is 0 Å². The fourth-order valence-electron chi connectivity index (χ4n) is 3.36. The Bertz CT molecular complexity index is 637. The SMILES string of the molecule is c1ccc2nc(CN3CCCC4(C3)OCCO4)ccc2c1. The fourth-order valence-corrected chi connectivity index (χ4v) is 3.36. The second kappa shape index (κ2) is 5.37. The third-order valence-electron chi connectivity index (χ3n) is 4.35. The van der Waals surface area contributed by atoms with E-state index in [9.17, 15) is 0 Å². The quantitative estimate of drug-likeness (QED) is 0.849. The van der Waals surface area contributed by atoms with E-state index in [1.165, 1.54) is 5.39 Å². The smallest absolute Gasteiger partial charge is 0.181 e. The Morgan fingerprint density at radius 2 is 1.95 bits per heavy atom. The molecule has 1 spiro atoms. The normalized spacial score (nSPS) is 22.1. The Morgan fingerprint density at radius 1 is 1.10 bits per heavy atom. The van der Waals surface area contributed by atoms with Gasteiger partial charge in [0.25, 0.3) is 0 Å². The maximum atomic E-state index is 5.84. The zero-order valence-corrected chi connectivity index (χ0v) is 12.1. The Kier molecular flexibility index (Phi) is 3.37. The summed E-state index contributed by atoms with van der Waals surface area (Å²) in [7, 11) is 0. The largest absolute Gasteiger partial charge is 0.346 e. The van der Waals surface area contributed by atoms with E-state index < -0.39 is 0 Å². The van der Waals surface area contributed by atoms with Gasteiger partial charge in [-0.1, -0.05) is 24.3 Å². The van der Waals surface area contributed by atoms with Gasteiger partial charge in [-0.3, -0.25) is 9.88 Å². The first-order valence-electron chi connectivity index (χ1n) is 7.68. The van der Waals surface area contributed by atoms with E-state index >= 15 is 0 Å². The van der Waals surface area contributed by atoms with Crippen LogP contribution in [0.1, 0.15) is 18.5 Å². The highest BCUT2D eigenvalue weighted by atomic mass is 16.7. The number of benzene rings is 1. The minimum absolute atomic E-state index is 0.352. The predicted molar refractivity (Wildman–Crippen MR) is 80.9 cm³/mol. The number of hydrogen-bond donors (Lipinski definition) is 0. The van der Waals surface area contributed by atoms with E-state index in [1.807, 2.05) is 12.1 Å². The molecule has 0 N–H and O–H groups in total. The summed E-state index contributed by atoms with van der Waals surface area (Å²) in [6.07, 6.45) is 2.13. The van der Waals surface area contributed by atoms with Crippen LogP contribution >= 0.6 is 0 Å². The van der Waals surface area contributed by atoms with Gasteiger partial charge in [-0.25, -0.2) is 0 Å². The summed E-state index contributed by atoms with van der Waals surface area (Å²) in [6, 6.07) is 12.5. The minimum atomic E-state index is -0.352. The summed E-state index contributed by atoms with van der Waals surface area (Å²) in [5.41, 5.74) is 2.18. The van der Waals surface area contributed by atoms with Gasteiger partial charge in [0.15, 0.2) is 5.79 Å². The van der Waals surface area contributed by atoms with Crippen LogP contribution in [0, 0.1) is 0 Å². The number of piperidine rings is 1. The van der Waals surface area contributed by atoms with Gasteiger partial charge in [0.2, 0.25) is 0 Å². The first-order chi connectivity index (χ1) is 10.3. The fraction of sp³-hybridized carbons (Fsp3) is 0.471. The molecular weight excluding hydrogens is 264 g/mol. The number of fused-ring (bicyclic) bond motifs is 1. The highest BCUT2D eigenvalue weighted by Crippen LogP contribution is 2.30. The van der Waals surface area contributed by atoms with E-state index in [-0.39, 0.29) is 5.79 Å². The van der Waals surface area contributed by atoms with Crippen molar-refractivity contribution in [3.05, 3.63) is 42.1 Å². The molecule has 110 valence electrons. The summed E-state index contributed by atoms with van der Waals surface area (Å²) in [5, 5.41) is 1.19. The van der Waals surface area contributed by atoms with E-state index in [2.05, 4.69) is 29.2 Å². The molecule has 0 amide bonds. The molecule has 0 atom stereocenters. The molecule has 21 heavy (non-hydrogen) atoms. The van der Waals surface area contributed by atoms with Crippen molar-refractivity contribution in [3.63, 3.8) is 0 Å². The number of aromatic nitrogens is 1. The van der Waals surface area contributed by atoms with Crippen LogP contribution < -0.4 is 0 Å². The van der Waals surface area contributed by atoms with Crippen LogP contribution in [0.2, 0.25) is 0 Å². The maximum Gasteiger partial charge on any atom is 0.181 e. The van der Waals surface area contributed by atoms with Crippen molar-refractivity contribution in [2.75, 3.05) is 26.3 Å². The average Bonchev–Trinajstić information content (AvgIpc) is 2.95. The third kappa shape index (κ3) is 2.67. The molecule has 0 saturated carbocycles. The molecule has 2 aromatic rings. The van der Waals surface area contributed by atoms with Gasteiger partial charge in [0.05, 0.1) is 31.0 Å². The zero-order chi connectivity index (χ0) is 14.1. The molecule has 0 aliphatic carbocycles. The third-order valence-corrected chi connectivity index (χ3v) is 4.35. The van der Waals surface area contributed by atoms with Crippen LogP contribution in [-0.2, 0) is 16.0 Å². The van der Waals surface area contributed by atoms with Crippen LogP contribution in [-0.4, -0.2) is 42.0 Å². The Hall–Kier alpha value is -1.49. The summed E-state index contributed by atoms with van der Waals surface area (Å²) in [6.45, 7) is 4.24. The molecule has 0 bridgehead atoms. The molecule has 3 heterocycles. The number of rotatable bonds is 2. The first-order valence-corrected chi connectivity index (χ1v) is 7.68. The molecule has 4 nitrogen and oxygen atoms in total. The lowest BCUT2D eigenvalue weighted by atomic mass is 10.0. The van der Waals surface area contributed by atoms with E-state index in [0.29, 0.717) is 0 Å². The van der Waals surface area contributed by atoms with Crippen molar-refractivity contribution in [1.82, 2.24) is 9.88 Å². The molecule has 2 saturated heterocycles. The summed E-state index contributed by atoms with van der Waals surface area (Å²) in [5.74, 6) is -0.352. The molecule has 2 fully saturated rings. The predicted octanol–water partition coefficient (Wildman–Crippen LogP) is 2.57. The van der Waals surface area contributed by atoms with Crippen molar-refractivity contribution in [2.24, 2.45) is 0 Å². The monoisotopic (exact) mass is 284 g/mol. The number of likely N-dealkylation sites (tertiary alicyclic amines) is 1. The lowest BCUT2D eigenvalue weighted by molar-refractivity contribution is -0.190. The van der Waals surface area contributed by atoms with Crippen molar-refractivity contribution >= 4 is 10.9 Å². The van der Waals surface area contributed by atoms with Crippen LogP contribution in [0.3, 0.4) is 0 Å². The van der Waals surface area contributed by atoms with Gasteiger partial charge in [-0.2, -0.15) is 0 Å². The number of nitrogens with zero attached hydrogens (tertiary/aromatic N) is 2. The van der Waals surface area contributed by atoms with Crippen molar-refractivity contribution in [3.8, 4) is 0 Å². The summed E-state index contributed by atoms with van der Waals surface area (Å²) < 4.78 is 11.7. The average molecular weight is 284 g/mol. The van der Waals surface area contributed by atoms with Crippen molar-refractivity contribution < 1.29 is 9.47 Å². The van der Waals surface area contributed by atoms with Gasteiger partial charge in [-0.05, 0) is 25.1 Å². The summed E-state index contributed by atoms with van der Waals surface area (Å²) in [4.78, 5) is 7.16. The minimum Gasteiger partial charge on any atom is -0.346 e. The van der Waals surface area contributed by atoms with Crippen LogP contribution in [0.25, 0.3) is 10.9 Å². The van der Waals surface area contributed by atoms with E-state index in [1.54, 1.807) is 0 Å². The molecule has 0 unspecified atom stereocenters. The lowest BCUT2D eigenvalue weighted by Gasteiger charge is -2.38. The second-order valence-electron chi connectivity index (χ2n) is 5.92. The van der Waals surface area contributed by atoms with Crippen molar-refractivity contribution in [1.29, 1.82) is 0 Å². The molecule has 1 aromatic carbocycles. The highest BCUT2D eigenvalue weighted by molar-refractivity contribution is 5.78. The highest BCUT2D eigenvalue weighted by Gasteiger charge is 2.40. The molecule has 0 radical (unpaired) electrons. The van der Waals surface area contributed by atoms with Gasteiger partial charge in [0.1, 0.15) is 0 Å². The molecule has 2 aliphatic rings. The van der Waals surface area contributed by atoms with Gasteiger partial charge >= 0.3 is 0 Å². The summed E-state index contributed by atoms with van der Waals surface area (Å²) >= 11 is 0. The number of hydrogen-bond acceptors (Lipinski definition) is 4. The maximum absolute atomic E-state index is 5.84. The molecule has 4 rings (SSSR count). The van der Waals surface area contributed by atoms with Gasteiger partial charge < -0.3 is 9.47 Å². The lowest BCUT2D eigenvalue weighted by Crippen LogP contribution is -2.48. The number of para-hydroxylation sites is 1. The molecule has 4 heteroatoms. The first kappa shape index (κ1) is 13.2.